The monoisotopic (exact) mass is 552 g/mol. The van der Waals surface area contributed by atoms with Gasteiger partial charge in [0.25, 0.3) is 0 Å². The van der Waals surface area contributed by atoms with Crippen LogP contribution in [0.25, 0.3) is 0 Å². The molecule has 1 fully saturated rings. The number of anilines is 3. The van der Waals surface area contributed by atoms with Crippen molar-refractivity contribution in [3.8, 4) is 0 Å². The number of fused-ring (bicyclic) bond motifs is 6. The zero-order chi connectivity index (χ0) is 29.2. The number of pyridine rings is 2. The molecule has 2 aromatic rings. The number of aryl methyl sites for hydroxylation is 1. The molecule has 2 aliphatic heterocycles. The number of rotatable bonds is 0. The topological polar surface area (TPSA) is 117 Å². The molecule has 2 aromatic heterocycles. The molecule has 2 atom stereocenters. The molecule has 11 heteroatoms. The Morgan fingerprint density at radius 2 is 1.73 bits per heavy atom. The average Bonchev–Trinajstić information content (AvgIpc) is 3.26. The lowest BCUT2D eigenvalue weighted by Gasteiger charge is -2.31. The number of carbonyl (C=O) groups is 3. The molecular formula is C29H40N6O5. The van der Waals surface area contributed by atoms with Crippen LogP contribution < -0.4 is 10.2 Å². The van der Waals surface area contributed by atoms with Crippen molar-refractivity contribution < 1.29 is 23.9 Å². The third kappa shape index (κ3) is 7.19. The Kier molecular flexibility index (Phi) is 8.23. The van der Waals surface area contributed by atoms with Crippen LogP contribution in [0.3, 0.4) is 0 Å². The molecule has 0 radical (unpaired) electrons. The summed E-state index contributed by atoms with van der Waals surface area (Å²) in [5.41, 5.74) is 0.166. The second kappa shape index (κ2) is 11.3. The van der Waals surface area contributed by atoms with Gasteiger partial charge in [-0.05, 0) is 85.1 Å². The van der Waals surface area contributed by atoms with E-state index in [0.717, 1.165) is 11.4 Å². The fraction of sp³-hybridized carbons (Fsp3) is 0.552. The smallest absolute Gasteiger partial charge is 0.416 e. The van der Waals surface area contributed by atoms with Gasteiger partial charge in [-0.2, -0.15) is 0 Å². The van der Waals surface area contributed by atoms with Gasteiger partial charge in [0.05, 0.1) is 6.04 Å². The summed E-state index contributed by atoms with van der Waals surface area (Å²) in [4.78, 5) is 54.4. The first kappa shape index (κ1) is 29.1. The van der Waals surface area contributed by atoms with E-state index in [4.69, 9.17) is 14.5 Å². The zero-order valence-corrected chi connectivity index (χ0v) is 24.4. The highest BCUT2D eigenvalue weighted by Crippen LogP contribution is 2.31. The first-order valence-corrected chi connectivity index (χ1v) is 13.7. The Labute approximate surface area is 235 Å². The van der Waals surface area contributed by atoms with Gasteiger partial charge in [-0.25, -0.2) is 14.6 Å². The van der Waals surface area contributed by atoms with E-state index >= 15 is 0 Å². The Morgan fingerprint density at radius 3 is 2.42 bits per heavy atom. The summed E-state index contributed by atoms with van der Waals surface area (Å²) in [6, 6.07) is 7.73. The lowest BCUT2D eigenvalue weighted by atomic mass is 10.1. The summed E-state index contributed by atoms with van der Waals surface area (Å²) in [6.45, 7) is 11.3. The van der Waals surface area contributed by atoms with E-state index in [9.17, 15) is 14.4 Å². The van der Waals surface area contributed by atoms with Gasteiger partial charge < -0.3 is 19.7 Å². The SMILES string of the molecule is CN1CCCc2cc(ccn2)Nc2cccc(n2)N(C(=O)OC(C)(C)C)[C@H]2C[C@@H](C1=O)N(C(=O)OC(C)(C)C)C2. The number of aromatic nitrogens is 2. The summed E-state index contributed by atoms with van der Waals surface area (Å²) in [6.07, 6.45) is 2.09. The first-order chi connectivity index (χ1) is 18.7. The van der Waals surface area contributed by atoms with E-state index < -0.39 is 35.5 Å². The second-order valence-electron chi connectivity index (χ2n) is 12.3. The molecule has 216 valence electrons. The first-order valence-electron chi connectivity index (χ1n) is 13.7. The molecule has 1 N–H and O–H groups in total. The zero-order valence-electron chi connectivity index (χ0n) is 24.4. The van der Waals surface area contributed by atoms with E-state index in [1.54, 1.807) is 71.8 Å². The van der Waals surface area contributed by atoms with E-state index in [1.165, 1.54) is 9.80 Å². The van der Waals surface area contributed by atoms with Crippen LogP contribution in [-0.4, -0.2) is 81.3 Å². The molecule has 0 aliphatic carbocycles. The van der Waals surface area contributed by atoms with Gasteiger partial charge in [-0.15, -0.1) is 0 Å². The standard InChI is InChI=1S/C29H40N6O5/c1-28(2,3)39-26(37)34-18-21-17-22(34)25(36)33(7)15-9-10-19-16-20(13-14-30-19)31-23-11-8-12-24(32-23)35(21)27(38)40-29(4,5)6/h8,11-14,16,21-22H,9-10,15,17-18H2,1-7H3,(H,31,32)/t21-,22-/m0/s1. The van der Waals surface area contributed by atoms with Crippen molar-refractivity contribution in [3.63, 3.8) is 0 Å². The Hall–Kier alpha value is -3.89. The Bertz CT molecular complexity index is 1250. The molecule has 6 bridgehead atoms. The third-order valence-corrected chi connectivity index (χ3v) is 6.52. The number of carbonyl (C=O) groups excluding carboxylic acids is 3. The van der Waals surface area contributed by atoms with Gasteiger partial charge in [-0.1, -0.05) is 6.07 Å². The Balaban J connectivity index is 1.79. The lowest BCUT2D eigenvalue weighted by molar-refractivity contribution is -0.134. The molecule has 2 aliphatic rings. The van der Waals surface area contributed by atoms with Crippen LogP contribution in [0.2, 0.25) is 0 Å². The Morgan fingerprint density at radius 1 is 1.02 bits per heavy atom. The molecule has 4 rings (SSSR count). The van der Waals surface area contributed by atoms with Crippen LogP contribution in [0.1, 0.15) is 60.1 Å². The molecule has 1 saturated heterocycles. The van der Waals surface area contributed by atoms with Crippen molar-refractivity contribution >= 4 is 35.4 Å². The van der Waals surface area contributed by atoms with E-state index in [-0.39, 0.29) is 18.9 Å². The molecule has 0 saturated carbocycles. The number of nitrogens with zero attached hydrogens (tertiary/aromatic N) is 5. The lowest BCUT2D eigenvalue weighted by Crippen LogP contribution is -2.48. The van der Waals surface area contributed by atoms with Gasteiger partial charge in [0.15, 0.2) is 0 Å². The minimum atomic E-state index is -0.814. The van der Waals surface area contributed by atoms with E-state index in [1.807, 2.05) is 18.2 Å². The minimum absolute atomic E-state index is 0.0857. The van der Waals surface area contributed by atoms with Crippen molar-refractivity contribution in [2.75, 3.05) is 30.4 Å². The maximum Gasteiger partial charge on any atom is 0.416 e. The van der Waals surface area contributed by atoms with Crippen LogP contribution in [-0.2, 0) is 20.7 Å². The van der Waals surface area contributed by atoms with Crippen LogP contribution in [0.4, 0.5) is 26.9 Å². The van der Waals surface area contributed by atoms with Crippen LogP contribution in [0.15, 0.2) is 36.5 Å². The van der Waals surface area contributed by atoms with Gasteiger partial charge in [0, 0.05) is 37.7 Å². The molecule has 0 aromatic carbocycles. The molecule has 0 spiro atoms. The van der Waals surface area contributed by atoms with Crippen LogP contribution >= 0.6 is 0 Å². The van der Waals surface area contributed by atoms with Gasteiger partial charge in [-0.3, -0.25) is 19.6 Å². The van der Waals surface area contributed by atoms with Gasteiger partial charge >= 0.3 is 12.2 Å². The molecule has 40 heavy (non-hydrogen) atoms. The van der Waals surface area contributed by atoms with Crippen LogP contribution in [0.5, 0.6) is 0 Å². The largest absolute Gasteiger partial charge is 0.444 e. The minimum Gasteiger partial charge on any atom is -0.444 e. The number of likely N-dealkylation sites (N-methyl/N-ethyl adjacent to an activating group) is 1. The number of amides is 3. The fourth-order valence-electron chi connectivity index (χ4n) is 4.83. The van der Waals surface area contributed by atoms with Gasteiger partial charge in [0.2, 0.25) is 5.91 Å². The van der Waals surface area contributed by atoms with Gasteiger partial charge in [0.1, 0.15) is 28.9 Å². The highest BCUT2D eigenvalue weighted by molar-refractivity contribution is 5.90. The highest BCUT2D eigenvalue weighted by Gasteiger charge is 2.47. The predicted molar refractivity (Wildman–Crippen MR) is 152 cm³/mol. The number of hydrogen-bond acceptors (Lipinski definition) is 8. The maximum absolute atomic E-state index is 13.7. The van der Waals surface area contributed by atoms with E-state index in [0.29, 0.717) is 31.0 Å². The fourth-order valence-corrected chi connectivity index (χ4v) is 4.83. The number of nitrogens with one attached hydrogen (secondary N) is 1. The summed E-state index contributed by atoms with van der Waals surface area (Å²) in [5, 5.41) is 3.31. The van der Waals surface area contributed by atoms with Crippen molar-refractivity contribution in [1.82, 2.24) is 19.8 Å². The average molecular weight is 553 g/mol. The molecule has 0 unspecified atom stereocenters. The molecule has 3 amide bonds. The number of ether oxygens (including phenoxy) is 2. The van der Waals surface area contributed by atoms with Crippen LogP contribution in [0, 0.1) is 0 Å². The predicted octanol–water partition coefficient (Wildman–Crippen LogP) is 4.74. The normalized spacial score (nSPS) is 20.2. The van der Waals surface area contributed by atoms with Crippen molar-refractivity contribution in [2.45, 2.75) is 84.1 Å². The molecular weight excluding hydrogens is 512 g/mol. The quantitative estimate of drug-likeness (QED) is 0.498. The van der Waals surface area contributed by atoms with Crippen molar-refractivity contribution in [1.29, 1.82) is 0 Å². The molecule has 11 nitrogen and oxygen atoms in total. The number of likely N-dealkylation sites (tertiary alicyclic amines) is 1. The maximum atomic E-state index is 13.7. The third-order valence-electron chi connectivity index (χ3n) is 6.52. The second-order valence-corrected chi connectivity index (χ2v) is 12.3. The highest BCUT2D eigenvalue weighted by atomic mass is 16.6. The molecule has 4 heterocycles. The summed E-state index contributed by atoms with van der Waals surface area (Å²) in [7, 11) is 1.73. The summed E-state index contributed by atoms with van der Waals surface area (Å²) >= 11 is 0. The summed E-state index contributed by atoms with van der Waals surface area (Å²) in [5.74, 6) is 0.663. The van der Waals surface area contributed by atoms with E-state index in [2.05, 4.69) is 10.3 Å². The summed E-state index contributed by atoms with van der Waals surface area (Å²) < 4.78 is 11.5. The van der Waals surface area contributed by atoms with Crippen molar-refractivity contribution in [3.05, 3.63) is 42.2 Å². The van der Waals surface area contributed by atoms with Crippen molar-refractivity contribution in [2.24, 2.45) is 0 Å². The number of hydrogen-bond donors (Lipinski definition) is 1.